The van der Waals surface area contributed by atoms with E-state index in [-0.39, 0.29) is 5.56 Å². The molecule has 2 rings (SSSR count). The zero-order chi connectivity index (χ0) is 14.7. The zero-order valence-corrected chi connectivity index (χ0v) is 11.9. The summed E-state index contributed by atoms with van der Waals surface area (Å²) in [5.74, 6) is -0.307. The summed E-state index contributed by atoms with van der Waals surface area (Å²) in [5.41, 5.74) is 3.20. The van der Waals surface area contributed by atoms with Gasteiger partial charge in [-0.15, -0.1) is 0 Å². The third kappa shape index (κ3) is 2.96. The predicted molar refractivity (Wildman–Crippen MR) is 79.8 cm³/mol. The first-order chi connectivity index (χ1) is 9.51. The Bertz CT molecular complexity index is 621. The lowest BCUT2D eigenvalue weighted by molar-refractivity contribution is 0.0696. The second kappa shape index (κ2) is 5.74. The average molecular weight is 270 g/mol. The monoisotopic (exact) mass is 270 g/mol. The first-order valence-electron chi connectivity index (χ1n) is 6.56. The molecule has 0 saturated heterocycles. The minimum absolute atomic E-state index is 0.254. The van der Waals surface area contributed by atoms with Crippen molar-refractivity contribution in [3.05, 3.63) is 53.2 Å². The number of aromatic carboxylic acids is 1. The van der Waals surface area contributed by atoms with Gasteiger partial charge in [0.15, 0.2) is 0 Å². The van der Waals surface area contributed by atoms with Crippen LogP contribution in [-0.4, -0.2) is 23.1 Å². The molecule has 104 valence electrons. The molecule has 2 aromatic rings. The van der Waals surface area contributed by atoms with Crippen molar-refractivity contribution in [2.24, 2.45) is 0 Å². The molecule has 1 aromatic carbocycles. The van der Waals surface area contributed by atoms with Crippen molar-refractivity contribution in [2.75, 3.05) is 11.9 Å². The summed E-state index contributed by atoms with van der Waals surface area (Å²) in [4.78, 5) is 17.4. The molecule has 4 nitrogen and oxygen atoms in total. The van der Waals surface area contributed by atoms with Crippen LogP contribution in [0.25, 0.3) is 0 Å². The Morgan fingerprint density at radius 3 is 2.45 bits per heavy atom. The van der Waals surface area contributed by atoms with Crippen LogP contribution >= 0.6 is 0 Å². The summed E-state index contributed by atoms with van der Waals surface area (Å²) in [6.45, 7) is 3.91. The van der Waals surface area contributed by atoms with Gasteiger partial charge in [0.1, 0.15) is 5.82 Å². The van der Waals surface area contributed by atoms with Gasteiger partial charge in [-0.1, -0.05) is 19.1 Å². The lowest BCUT2D eigenvalue weighted by Gasteiger charge is -2.19. The Balaban J connectivity index is 2.36. The van der Waals surface area contributed by atoms with Crippen LogP contribution < -0.4 is 4.90 Å². The highest BCUT2D eigenvalue weighted by molar-refractivity contribution is 5.89. The fourth-order valence-electron chi connectivity index (χ4n) is 2.03. The number of carboxylic acids is 1. The number of pyridine rings is 1. The van der Waals surface area contributed by atoms with Crippen molar-refractivity contribution in [2.45, 2.75) is 20.3 Å². The highest BCUT2D eigenvalue weighted by Gasteiger charge is 2.11. The Kier molecular flexibility index (Phi) is 4.03. The Morgan fingerprint density at radius 2 is 1.90 bits per heavy atom. The maximum atomic E-state index is 11.1. The van der Waals surface area contributed by atoms with E-state index in [2.05, 4.69) is 24.0 Å². The number of carboxylic acid groups (broad SMARTS) is 1. The number of aryl methyl sites for hydroxylation is 2. The number of rotatable bonds is 4. The summed E-state index contributed by atoms with van der Waals surface area (Å²) in [7, 11) is 1.88. The van der Waals surface area contributed by atoms with E-state index in [0.717, 1.165) is 12.1 Å². The van der Waals surface area contributed by atoms with Crippen molar-refractivity contribution in [1.82, 2.24) is 4.98 Å². The molecule has 0 unspecified atom stereocenters. The van der Waals surface area contributed by atoms with Gasteiger partial charge in [-0.05, 0) is 43.2 Å². The number of aromatic nitrogens is 1. The number of carbonyl (C=O) groups is 1. The van der Waals surface area contributed by atoms with E-state index in [4.69, 9.17) is 5.11 Å². The quantitative estimate of drug-likeness (QED) is 0.925. The van der Waals surface area contributed by atoms with Crippen LogP contribution in [0, 0.1) is 6.92 Å². The molecule has 0 bridgehead atoms. The van der Waals surface area contributed by atoms with Gasteiger partial charge in [0.2, 0.25) is 0 Å². The summed E-state index contributed by atoms with van der Waals surface area (Å²) >= 11 is 0. The average Bonchev–Trinajstić information content (AvgIpc) is 2.46. The Morgan fingerprint density at radius 1 is 1.25 bits per heavy atom. The van der Waals surface area contributed by atoms with E-state index >= 15 is 0 Å². The lowest BCUT2D eigenvalue weighted by Crippen LogP contribution is -2.13. The van der Waals surface area contributed by atoms with Crippen molar-refractivity contribution in [1.29, 1.82) is 0 Å². The van der Waals surface area contributed by atoms with Gasteiger partial charge in [0, 0.05) is 18.4 Å². The molecule has 1 heterocycles. The number of nitrogens with zero attached hydrogens (tertiary/aromatic N) is 2. The molecule has 0 aliphatic carbocycles. The maximum absolute atomic E-state index is 11.1. The first kappa shape index (κ1) is 14.1. The second-order valence-corrected chi connectivity index (χ2v) is 4.74. The van der Waals surface area contributed by atoms with Crippen LogP contribution in [0.4, 0.5) is 11.5 Å². The molecule has 0 amide bonds. The second-order valence-electron chi connectivity index (χ2n) is 4.74. The van der Waals surface area contributed by atoms with Crippen molar-refractivity contribution < 1.29 is 9.90 Å². The molecule has 0 aliphatic rings. The molecular formula is C16H18N2O2. The molecule has 0 atom stereocenters. The molecule has 1 N–H and O–H groups in total. The molecule has 0 fully saturated rings. The molecule has 0 saturated carbocycles. The van der Waals surface area contributed by atoms with E-state index in [1.165, 1.54) is 5.56 Å². The van der Waals surface area contributed by atoms with E-state index in [1.807, 2.05) is 24.1 Å². The van der Waals surface area contributed by atoms with Gasteiger partial charge >= 0.3 is 5.97 Å². The first-order valence-corrected chi connectivity index (χ1v) is 6.56. The molecule has 4 heteroatoms. The van der Waals surface area contributed by atoms with Crippen molar-refractivity contribution >= 4 is 17.5 Å². The highest BCUT2D eigenvalue weighted by Crippen LogP contribution is 2.23. The van der Waals surface area contributed by atoms with Crippen molar-refractivity contribution in [3.63, 3.8) is 0 Å². The third-order valence-electron chi connectivity index (χ3n) is 3.26. The largest absolute Gasteiger partial charge is 0.478 e. The van der Waals surface area contributed by atoms with Crippen LogP contribution in [-0.2, 0) is 6.42 Å². The van der Waals surface area contributed by atoms with Gasteiger partial charge in [-0.3, -0.25) is 0 Å². The SMILES string of the molecule is CCc1ccc(N(C)c2cc(C(=O)O)cc(C)n2)cc1. The highest BCUT2D eigenvalue weighted by atomic mass is 16.4. The molecule has 0 spiro atoms. The van der Waals surface area contributed by atoms with E-state index in [1.54, 1.807) is 19.1 Å². The van der Waals surface area contributed by atoms with Crippen LogP contribution in [0.5, 0.6) is 0 Å². The summed E-state index contributed by atoms with van der Waals surface area (Å²) < 4.78 is 0. The van der Waals surface area contributed by atoms with Crippen LogP contribution in [0.15, 0.2) is 36.4 Å². The topological polar surface area (TPSA) is 53.4 Å². The number of benzene rings is 1. The standard InChI is InChI=1S/C16H18N2O2/c1-4-12-5-7-14(8-6-12)18(3)15-10-13(16(19)20)9-11(2)17-15/h5-10H,4H2,1-3H3,(H,19,20). The molecule has 0 radical (unpaired) electrons. The van der Waals surface area contributed by atoms with Crippen LogP contribution in [0.2, 0.25) is 0 Å². The summed E-state index contributed by atoms with van der Waals surface area (Å²) in [6.07, 6.45) is 0.996. The van der Waals surface area contributed by atoms with Gasteiger partial charge in [-0.25, -0.2) is 9.78 Å². The zero-order valence-electron chi connectivity index (χ0n) is 11.9. The number of anilines is 2. The fraction of sp³-hybridized carbons (Fsp3) is 0.250. The molecule has 1 aromatic heterocycles. The third-order valence-corrected chi connectivity index (χ3v) is 3.26. The van der Waals surface area contributed by atoms with Gasteiger partial charge < -0.3 is 10.0 Å². The lowest BCUT2D eigenvalue weighted by atomic mass is 10.1. The normalized spacial score (nSPS) is 10.3. The van der Waals surface area contributed by atoms with E-state index in [0.29, 0.717) is 11.5 Å². The van der Waals surface area contributed by atoms with Crippen LogP contribution in [0.1, 0.15) is 28.5 Å². The predicted octanol–water partition coefficient (Wildman–Crippen LogP) is 3.42. The fourth-order valence-corrected chi connectivity index (χ4v) is 2.03. The minimum atomic E-state index is -0.938. The molecular weight excluding hydrogens is 252 g/mol. The summed E-state index contributed by atoms with van der Waals surface area (Å²) in [6, 6.07) is 11.3. The van der Waals surface area contributed by atoms with E-state index < -0.39 is 5.97 Å². The number of hydrogen-bond donors (Lipinski definition) is 1. The van der Waals surface area contributed by atoms with Gasteiger partial charge in [0.05, 0.1) is 5.56 Å². The molecule has 20 heavy (non-hydrogen) atoms. The Hall–Kier alpha value is -2.36. The number of hydrogen-bond acceptors (Lipinski definition) is 3. The van der Waals surface area contributed by atoms with E-state index in [9.17, 15) is 4.79 Å². The van der Waals surface area contributed by atoms with Gasteiger partial charge in [0.25, 0.3) is 0 Å². The summed E-state index contributed by atoms with van der Waals surface area (Å²) in [5, 5.41) is 9.11. The smallest absolute Gasteiger partial charge is 0.335 e. The maximum Gasteiger partial charge on any atom is 0.335 e. The van der Waals surface area contributed by atoms with Gasteiger partial charge in [-0.2, -0.15) is 0 Å². The minimum Gasteiger partial charge on any atom is -0.478 e. The Labute approximate surface area is 118 Å². The van der Waals surface area contributed by atoms with Crippen molar-refractivity contribution in [3.8, 4) is 0 Å². The molecule has 0 aliphatic heterocycles. The van der Waals surface area contributed by atoms with Crippen LogP contribution in [0.3, 0.4) is 0 Å².